The van der Waals surface area contributed by atoms with E-state index in [1.165, 1.54) is 33.1 Å². The van der Waals surface area contributed by atoms with Gasteiger partial charge in [0.05, 0.1) is 17.5 Å². The molecule has 4 aromatic rings. The molecule has 4 heterocycles. The third kappa shape index (κ3) is 5.21. The zero-order valence-electron chi connectivity index (χ0n) is 22.0. The first kappa shape index (κ1) is 27.5. The molecule has 1 unspecified atom stereocenters. The highest BCUT2D eigenvalue weighted by atomic mass is 32.2. The Bertz CT molecular complexity index is 1730. The first-order chi connectivity index (χ1) is 20.3. The van der Waals surface area contributed by atoms with Gasteiger partial charge in [-0.25, -0.2) is 14.5 Å². The number of fused-ring (bicyclic) bond motifs is 2. The van der Waals surface area contributed by atoms with Crippen LogP contribution in [0.1, 0.15) is 16.2 Å². The van der Waals surface area contributed by atoms with Crippen molar-refractivity contribution < 1.29 is 24.3 Å². The van der Waals surface area contributed by atoms with Gasteiger partial charge in [-0.2, -0.15) is 0 Å². The number of benzene rings is 2. The minimum atomic E-state index is -1.21. The van der Waals surface area contributed by atoms with Crippen LogP contribution in [0.5, 0.6) is 0 Å². The van der Waals surface area contributed by atoms with E-state index < -0.39 is 35.1 Å². The number of nitrogens with zero attached hydrogens (tertiary/aromatic N) is 6. The molecule has 0 bridgehead atoms. The summed E-state index contributed by atoms with van der Waals surface area (Å²) in [7, 11) is 1.68. The van der Waals surface area contributed by atoms with Crippen molar-refractivity contribution in [2.24, 2.45) is 7.05 Å². The topological polar surface area (TPSA) is 188 Å². The number of aryl methyl sites for hydroxylation is 1. The van der Waals surface area contributed by atoms with E-state index in [9.17, 15) is 24.3 Å². The second kappa shape index (κ2) is 11.3. The summed E-state index contributed by atoms with van der Waals surface area (Å²) in [5.74, 6) is -1.79. The van der Waals surface area contributed by atoms with Gasteiger partial charge >= 0.3 is 5.97 Å². The highest BCUT2D eigenvalue weighted by Crippen LogP contribution is 2.41. The van der Waals surface area contributed by atoms with Gasteiger partial charge in [0.15, 0.2) is 5.82 Å². The van der Waals surface area contributed by atoms with Crippen LogP contribution in [0.15, 0.2) is 65.0 Å². The number of carbonyl (C=O) groups is 4. The fourth-order valence-corrected chi connectivity index (χ4v) is 7.06. The summed E-state index contributed by atoms with van der Waals surface area (Å²) < 4.78 is 1.48. The summed E-state index contributed by atoms with van der Waals surface area (Å²) in [5.41, 5.74) is 2.86. The Morgan fingerprint density at radius 1 is 1.17 bits per heavy atom. The Balaban J connectivity index is 1.11. The molecule has 2 aliphatic rings. The number of aliphatic carboxylic acids is 1. The third-order valence-electron chi connectivity index (χ3n) is 6.74. The average Bonchev–Trinajstić information content (AvgIpc) is 3.61. The van der Waals surface area contributed by atoms with Crippen LogP contribution in [0.25, 0.3) is 11.0 Å². The van der Waals surface area contributed by atoms with Gasteiger partial charge < -0.3 is 20.7 Å². The molecule has 1 saturated heterocycles. The van der Waals surface area contributed by atoms with Crippen LogP contribution in [0.4, 0.5) is 5.69 Å². The summed E-state index contributed by atoms with van der Waals surface area (Å²) in [6.07, 6.45) is -0.104. The molecule has 6 rings (SSSR count). The van der Waals surface area contributed by atoms with E-state index in [1.807, 2.05) is 18.2 Å². The zero-order chi connectivity index (χ0) is 29.4. The molecule has 2 aliphatic heterocycles. The second-order valence-electron chi connectivity index (χ2n) is 9.48. The molecule has 1 fully saturated rings. The molecule has 0 saturated carbocycles. The average molecular weight is 606 g/mol. The van der Waals surface area contributed by atoms with Gasteiger partial charge in [-0.1, -0.05) is 42.1 Å². The Morgan fingerprint density at radius 3 is 2.71 bits per heavy atom. The van der Waals surface area contributed by atoms with E-state index >= 15 is 0 Å². The minimum Gasteiger partial charge on any atom is -0.477 e. The van der Waals surface area contributed by atoms with E-state index in [-0.39, 0.29) is 17.9 Å². The number of β-lactam (4-membered cyclic amide) rings is 1. The number of aromatic amines is 1. The molecule has 2 aromatic carbocycles. The predicted molar refractivity (Wildman–Crippen MR) is 153 cm³/mol. The number of aromatic nitrogens is 6. The second-order valence-corrected chi connectivity index (χ2v) is 11.5. The number of H-pyrrole nitrogens is 1. The van der Waals surface area contributed by atoms with Gasteiger partial charge in [0, 0.05) is 24.2 Å². The van der Waals surface area contributed by atoms with Gasteiger partial charge in [-0.05, 0) is 39.8 Å². The first-order valence-corrected chi connectivity index (χ1v) is 14.7. The number of amides is 3. The van der Waals surface area contributed by atoms with Gasteiger partial charge in [-0.15, -0.1) is 16.9 Å². The molecule has 4 N–H and O–H groups in total. The van der Waals surface area contributed by atoms with Crippen molar-refractivity contribution in [1.29, 1.82) is 0 Å². The van der Waals surface area contributed by atoms with Crippen molar-refractivity contribution in [2.45, 2.75) is 23.0 Å². The molecule has 2 atom stereocenters. The maximum absolute atomic E-state index is 13.1. The zero-order valence-corrected chi connectivity index (χ0v) is 23.6. The number of hydrogen-bond donors (Lipinski definition) is 4. The lowest BCUT2D eigenvalue weighted by Crippen LogP contribution is -2.70. The van der Waals surface area contributed by atoms with Gasteiger partial charge in [-0.3, -0.25) is 19.3 Å². The number of anilines is 1. The van der Waals surface area contributed by atoms with Crippen molar-refractivity contribution in [3.63, 3.8) is 0 Å². The lowest BCUT2D eigenvalue weighted by molar-refractivity contribution is -0.150. The minimum absolute atomic E-state index is 0.0736. The van der Waals surface area contributed by atoms with Crippen LogP contribution in [-0.4, -0.2) is 86.8 Å². The molecule has 14 nitrogen and oxygen atoms in total. The predicted octanol–water partition coefficient (Wildman–Crippen LogP) is 1.41. The van der Waals surface area contributed by atoms with E-state index in [2.05, 4.69) is 36.1 Å². The summed E-state index contributed by atoms with van der Waals surface area (Å²) >= 11 is 2.66. The molecule has 214 valence electrons. The number of para-hydroxylation sites is 3. The lowest BCUT2D eigenvalue weighted by atomic mass is 10.0. The standard InChI is InChI=1S/C26H23N9O5S2/c1-34-26(31-32-33-34)42-12-14-11-41-24-19(23(38)35(24)20(14)25(39)40)30-18(36)10-13-6-2-3-7-15(13)29-22(37)21-27-16-8-4-5-9-17(16)28-21/h2-9,19,24H,10-12H2,1H3,(H,27,28)(H,29,37)(H,30,36)(H,39,40)/t19?,24-/m1/s1. The van der Waals surface area contributed by atoms with E-state index in [0.29, 0.717) is 39.0 Å². The van der Waals surface area contributed by atoms with Crippen molar-refractivity contribution in [3.05, 3.63) is 71.2 Å². The normalized spacial score (nSPS) is 18.0. The Hall–Kier alpha value is -4.70. The highest BCUT2D eigenvalue weighted by Gasteiger charge is 2.54. The van der Waals surface area contributed by atoms with Crippen molar-refractivity contribution in [1.82, 2.24) is 40.4 Å². The quantitative estimate of drug-likeness (QED) is 0.160. The number of tetrazole rings is 1. The maximum Gasteiger partial charge on any atom is 0.352 e. The molecule has 0 radical (unpaired) electrons. The number of carbonyl (C=O) groups excluding carboxylic acids is 3. The molecule has 0 aliphatic carbocycles. The molecule has 42 heavy (non-hydrogen) atoms. The van der Waals surface area contributed by atoms with Gasteiger partial charge in [0.1, 0.15) is 17.1 Å². The SMILES string of the molecule is Cn1nnnc1SCC1=C(C(=O)O)N2C(=O)C(NC(=O)Cc3ccccc3NC(=O)c3nc4ccccc4[nH]3)[C@H]2SC1. The Labute approximate surface area is 246 Å². The molecule has 16 heteroatoms. The summed E-state index contributed by atoms with van der Waals surface area (Å²) in [5, 5.41) is 26.7. The van der Waals surface area contributed by atoms with Crippen LogP contribution in [0.3, 0.4) is 0 Å². The Morgan fingerprint density at radius 2 is 1.95 bits per heavy atom. The molecular weight excluding hydrogens is 582 g/mol. The highest BCUT2D eigenvalue weighted by molar-refractivity contribution is 8.01. The molecule has 2 aromatic heterocycles. The molecular formula is C26H23N9O5S2. The number of rotatable bonds is 9. The number of hydrogen-bond acceptors (Lipinski definition) is 10. The van der Waals surface area contributed by atoms with E-state index in [4.69, 9.17) is 0 Å². The molecule has 0 spiro atoms. The largest absolute Gasteiger partial charge is 0.477 e. The van der Waals surface area contributed by atoms with Crippen LogP contribution in [-0.2, 0) is 27.9 Å². The van der Waals surface area contributed by atoms with Crippen molar-refractivity contribution >= 4 is 63.9 Å². The summed E-state index contributed by atoms with van der Waals surface area (Å²) in [6, 6.07) is 13.3. The Kier molecular flexibility index (Phi) is 7.38. The smallest absolute Gasteiger partial charge is 0.352 e. The lowest BCUT2D eigenvalue weighted by Gasteiger charge is -2.49. The first-order valence-electron chi connectivity index (χ1n) is 12.7. The van der Waals surface area contributed by atoms with Crippen LogP contribution in [0, 0.1) is 0 Å². The van der Waals surface area contributed by atoms with Crippen molar-refractivity contribution in [3.8, 4) is 0 Å². The number of imidazole rings is 1. The van der Waals surface area contributed by atoms with E-state index in [1.54, 1.807) is 37.4 Å². The third-order valence-corrected chi connectivity index (χ3v) is 9.18. The number of nitrogens with one attached hydrogen (secondary N) is 3. The van der Waals surface area contributed by atoms with Crippen LogP contribution >= 0.6 is 23.5 Å². The fraction of sp³-hybridized carbons (Fsp3) is 0.231. The van der Waals surface area contributed by atoms with E-state index in [0.717, 1.165) is 5.52 Å². The number of thioether (sulfide) groups is 2. The molecule has 3 amide bonds. The monoisotopic (exact) mass is 605 g/mol. The number of carboxylic acids is 1. The van der Waals surface area contributed by atoms with Gasteiger partial charge in [0.25, 0.3) is 11.8 Å². The van der Waals surface area contributed by atoms with Crippen molar-refractivity contribution in [2.75, 3.05) is 16.8 Å². The van der Waals surface area contributed by atoms with Crippen LogP contribution < -0.4 is 10.6 Å². The maximum atomic E-state index is 13.1. The fourth-order valence-electron chi connectivity index (χ4n) is 4.73. The summed E-state index contributed by atoms with van der Waals surface area (Å²) in [6.45, 7) is 0. The van der Waals surface area contributed by atoms with Gasteiger partial charge in [0.2, 0.25) is 11.1 Å². The summed E-state index contributed by atoms with van der Waals surface area (Å²) in [4.78, 5) is 59.6. The van der Waals surface area contributed by atoms with Crippen LogP contribution in [0.2, 0.25) is 0 Å². The number of carboxylic acid groups (broad SMARTS) is 1.